The summed E-state index contributed by atoms with van der Waals surface area (Å²) in [5.74, 6) is -0.00889. The molecule has 0 heterocycles. The predicted molar refractivity (Wildman–Crippen MR) is 95.1 cm³/mol. The van der Waals surface area contributed by atoms with Crippen LogP contribution in [0.1, 0.15) is 11.3 Å². The van der Waals surface area contributed by atoms with Crippen molar-refractivity contribution in [3.63, 3.8) is 0 Å². The van der Waals surface area contributed by atoms with Crippen molar-refractivity contribution < 1.29 is 13.6 Å². The standard InChI is InChI=1S/C19H18NO3P/c20-19(16-10-4-1-5-11-16)24(21,22-17-12-6-2-7-13-17)23-18-14-8-3-9-15-18/h1-15,19H,20H2. The summed E-state index contributed by atoms with van der Waals surface area (Å²) in [6.45, 7) is 0. The van der Waals surface area contributed by atoms with Crippen LogP contribution in [0.2, 0.25) is 0 Å². The summed E-state index contributed by atoms with van der Waals surface area (Å²) < 4.78 is 24.9. The number of nitrogens with two attached hydrogens (primary N) is 1. The molecule has 122 valence electrons. The van der Waals surface area contributed by atoms with Crippen molar-refractivity contribution in [2.75, 3.05) is 0 Å². The maximum atomic E-state index is 13.5. The van der Waals surface area contributed by atoms with E-state index in [0.29, 0.717) is 17.1 Å². The molecule has 0 aliphatic rings. The van der Waals surface area contributed by atoms with Crippen molar-refractivity contribution >= 4 is 7.60 Å². The maximum Gasteiger partial charge on any atom is 0.451 e. The molecule has 0 fully saturated rings. The van der Waals surface area contributed by atoms with Crippen LogP contribution in [0.5, 0.6) is 11.5 Å². The Morgan fingerprint density at radius 3 is 1.46 bits per heavy atom. The van der Waals surface area contributed by atoms with Crippen molar-refractivity contribution in [1.82, 2.24) is 0 Å². The van der Waals surface area contributed by atoms with Gasteiger partial charge < -0.3 is 14.8 Å². The third kappa shape index (κ3) is 3.85. The minimum absolute atomic E-state index is 0.447. The molecule has 1 unspecified atom stereocenters. The summed E-state index contributed by atoms with van der Waals surface area (Å²) in [6.07, 6.45) is 0. The second kappa shape index (κ2) is 7.35. The average Bonchev–Trinajstić information content (AvgIpc) is 2.63. The fraction of sp³-hybridized carbons (Fsp3) is 0.0526. The fourth-order valence-corrected chi connectivity index (χ4v) is 3.85. The molecule has 0 aliphatic heterocycles. The van der Waals surface area contributed by atoms with Crippen molar-refractivity contribution in [2.24, 2.45) is 5.73 Å². The lowest BCUT2D eigenvalue weighted by Crippen LogP contribution is -2.18. The van der Waals surface area contributed by atoms with Gasteiger partial charge in [0.2, 0.25) is 0 Å². The van der Waals surface area contributed by atoms with Gasteiger partial charge in [0.1, 0.15) is 11.5 Å². The lowest BCUT2D eigenvalue weighted by atomic mass is 10.2. The SMILES string of the molecule is NC(c1ccccc1)P(=O)(Oc1ccccc1)Oc1ccccc1. The third-order valence-corrected chi connectivity index (χ3v) is 5.34. The summed E-state index contributed by atoms with van der Waals surface area (Å²) >= 11 is 0. The summed E-state index contributed by atoms with van der Waals surface area (Å²) in [5.41, 5.74) is 6.94. The number of hydrogen-bond donors (Lipinski definition) is 1. The Labute approximate surface area is 141 Å². The van der Waals surface area contributed by atoms with Crippen LogP contribution >= 0.6 is 7.60 Å². The molecule has 0 spiro atoms. The zero-order valence-corrected chi connectivity index (χ0v) is 13.9. The summed E-state index contributed by atoms with van der Waals surface area (Å²) in [4.78, 5) is 0. The molecule has 2 N–H and O–H groups in total. The van der Waals surface area contributed by atoms with E-state index in [9.17, 15) is 4.57 Å². The molecule has 1 atom stereocenters. The van der Waals surface area contributed by atoms with E-state index in [-0.39, 0.29) is 0 Å². The highest BCUT2D eigenvalue weighted by Crippen LogP contribution is 2.57. The monoisotopic (exact) mass is 339 g/mol. The molecule has 3 aromatic carbocycles. The molecule has 4 nitrogen and oxygen atoms in total. The molecular weight excluding hydrogens is 321 g/mol. The molecule has 5 heteroatoms. The van der Waals surface area contributed by atoms with E-state index in [0.717, 1.165) is 0 Å². The Kier molecular flexibility index (Phi) is 4.99. The Balaban J connectivity index is 1.95. The van der Waals surface area contributed by atoms with E-state index in [2.05, 4.69) is 0 Å². The summed E-state index contributed by atoms with van der Waals surface area (Å²) in [5, 5.41) is 0. The van der Waals surface area contributed by atoms with Crippen molar-refractivity contribution in [3.8, 4) is 11.5 Å². The summed E-state index contributed by atoms with van der Waals surface area (Å²) in [6, 6.07) is 27.0. The normalized spacial score (nSPS) is 12.4. The van der Waals surface area contributed by atoms with Crippen LogP contribution in [-0.2, 0) is 4.57 Å². The van der Waals surface area contributed by atoms with Gasteiger partial charge in [0.15, 0.2) is 5.78 Å². The smallest absolute Gasteiger partial charge is 0.415 e. The number of hydrogen-bond acceptors (Lipinski definition) is 4. The molecule has 0 amide bonds. The molecule has 0 bridgehead atoms. The second-order valence-electron chi connectivity index (χ2n) is 5.20. The second-order valence-corrected chi connectivity index (χ2v) is 7.21. The predicted octanol–water partition coefficient (Wildman–Crippen LogP) is 5.00. The number of para-hydroxylation sites is 2. The van der Waals surface area contributed by atoms with E-state index >= 15 is 0 Å². The Hall–Kier alpha value is -2.55. The van der Waals surface area contributed by atoms with Crippen molar-refractivity contribution in [1.29, 1.82) is 0 Å². The molecule has 0 radical (unpaired) electrons. The molecule has 0 aliphatic carbocycles. The number of rotatable bonds is 6. The molecule has 0 saturated carbocycles. The first-order chi connectivity index (χ1) is 11.7. The average molecular weight is 339 g/mol. The Morgan fingerprint density at radius 2 is 1.04 bits per heavy atom. The van der Waals surface area contributed by atoms with Gasteiger partial charge in [-0.15, -0.1) is 0 Å². The van der Waals surface area contributed by atoms with Crippen LogP contribution in [0, 0.1) is 0 Å². The minimum atomic E-state index is -3.70. The van der Waals surface area contributed by atoms with E-state index in [1.54, 1.807) is 60.7 Å². The zero-order valence-electron chi connectivity index (χ0n) is 13.0. The van der Waals surface area contributed by atoms with Gasteiger partial charge in [-0.25, -0.2) is 4.57 Å². The fourth-order valence-electron chi connectivity index (χ4n) is 2.22. The van der Waals surface area contributed by atoms with E-state index < -0.39 is 13.4 Å². The highest BCUT2D eigenvalue weighted by molar-refractivity contribution is 7.55. The van der Waals surface area contributed by atoms with Gasteiger partial charge in [-0.1, -0.05) is 66.7 Å². The first kappa shape index (κ1) is 16.3. The van der Waals surface area contributed by atoms with Gasteiger partial charge in [-0.05, 0) is 29.8 Å². The first-order valence-corrected chi connectivity index (χ1v) is 9.18. The van der Waals surface area contributed by atoms with Crippen molar-refractivity contribution in [3.05, 3.63) is 96.6 Å². The molecular formula is C19H18NO3P. The van der Waals surface area contributed by atoms with Gasteiger partial charge in [0.05, 0.1) is 0 Å². The Morgan fingerprint density at radius 1 is 0.667 bits per heavy atom. The van der Waals surface area contributed by atoms with Gasteiger partial charge in [0, 0.05) is 0 Å². The highest BCUT2D eigenvalue weighted by Gasteiger charge is 2.38. The lowest BCUT2D eigenvalue weighted by Gasteiger charge is -2.25. The molecule has 0 saturated heterocycles. The molecule has 3 aromatic rings. The molecule has 0 aromatic heterocycles. The maximum absolute atomic E-state index is 13.5. The van der Waals surface area contributed by atoms with Gasteiger partial charge in [-0.2, -0.15) is 0 Å². The van der Waals surface area contributed by atoms with Crippen LogP contribution in [0.25, 0.3) is 0 Å². The zero-order chi connectivity index (χ0) is 16.8. The van der Waals surface area contributed by atoms with Crippen LogP contribution < -0.4 is 14.8 Å². The van der Waals surface area contributed by atoms with E-state index in [4.69, 9.17) is 14.8 Å². The quantitative estimate of drug-likeness (QED) is 0.642. The van der Waals surface area contributed by atoms with Crippen LogP contribution in [0.4, 0.5) is 0 Å². The topological polar surface area (TPSA) is 61.6 Å². The molecule has 24 heavy (non-hydrogen) atoms. The van der Waals surface area contributed by atoms with Gasteiger partial charge in [0.25, 0.3) is 0 Å². The van der Waals surface area contributed by atoms with Crippen LogP contribution in [0.3, 0.4) is 0 Å². The Bertz CT molecular complexity index is 764. The van der Waals surface area contributed by atoms with E-state index in [1.807, 2.05) is 30.3 Å². The van der Waals surface area contributed by atoms with Crippen LogP contribution in [-0.4, -0.2) is 0 Å². The third-order valence-electron chi connectivity index (χ3n) is 3.43. The molecule has 3 rings (SSSR count). The minimum Gasteiger partial charge on any atom is -0.415 e. The van der Waals surface area contributed by atoms with E-state index in [1.165, 1.54) is 0 Å². The van der Waals surface area contributed by atoms with Gasteiger partial charge in [-0.3, -0.25) is 0 Å². The van der Waals surface area contributed by atoms with Crippen LogP contribution in [0.15, 0.2) is 91.0 Å². The van der Waals surface area contributed by atoms with Gasteiger partial charge >= 0.3 is 7.60 Å². The number of benzene rings is 3. The lowest BCUT2D eigenvalue weighted by molar-refractivity contribution is 0.373. The van der Waals surface area contributed by atoms with Crippen molar-refractivity contribution in [2.45, 2.75) is 5.78 Å². The first-order valence-electron chi connectivity index (χ1n) is 7.57. The highest BCUT2D eigenvalue weighted by atomic mass is 31.2. The summed E-state index contributed by atoms with van der Waals surface area (Å²) in [7, 11) is -3.70. The largest absolute Gasteiger partial charge is 0.451 e.